The van der Waals surface area contributed by atoms with Gasteiger partial charge in [0.1, 0.15) is 67.3 Å². The van der Waals surface area contributed by atoms with Crippen LogP contribution in [0.25, 0.3) is 33.5 Å². The quantitative estimate of drug-likeness (QED) is 0.0198. The maximum Gasteiger partial charge on any atom is 0.334 e. The summed E-state index contributed by atoms with van der Waals surface area (Å²) in [7, 11) is -4.77. The molecule has 10 N–H and O–H groups in total. The Balaban J connectivity index is 0.000000154. The third-order valence-electron chi connectivity index (χ3n) is 18.3. The summed E-state index contributed by atoms with van der Waals surface area (Å²) in [6.07, 6.45) is 9.49. The van der Waals surface area contributed by atoms with Crippen LogP contribution in [0.3, 0.4) is 0 Å². The van der Waals surface area contributed by atoms with Crippen molar-refractivity contribution in [3.63, 3.8) is 0 Å². The zero-order chi connectivity index (χ0) is 76.3. The average molecular weight is 1590 g/mol. The van der Waals surface area contributed by atoms with E-state index in [1.807, 2.05) is 39.3 Å². The number of carbonyl (C=O) groups is 2. The molecule has 1 unspecified atom stereocenters. The molecule has 0 radical (unpaired) electrons. The fraction of sp³-hybridized carbons (Fsp3) is 0.734. The molecule has 6 aromatic rings. The number of hydrogen-bond acceptors (Lipinski definition) is 28. The third-order valence-corrected chi connectivity index (χ3v) is 21.2. The molecule has 5 aliphatic heterocycles. The largest absolute Gasteiger partial charge is 0.481 e. The minimum Gasteiger partial charge on any atom is -0.481 e. The molecule has 105 heavy (non-hydrogen) atoms. The summed E-state index contributed by atoms with van der Waals surface area (Å²) >= 11 is 18.6. The van der Waals surface area contributed by atoms with Crippen molar-refractivity contribution in [1.29, 1.82) is 0 Å². The standard InChI is InChI=1S/C19H27ClN6O3.C18H26ClN6O7P.C18H24ClN5O4.C5H11O4P.C4H12Si/c1-19(2)28-13-11(8-21-3)27-17(14(13)29-19)26-9-22-12-15(23-10-6-4-5-7-10)24-18(20)25-16(12)26;1-24(11(26)7-33(29,30)31)6-10-13(27)14(28)17(32-10)25-8-20-12-15(21-9-4-2-3-5-9)22-18(19)23-16(12)25;1-18(2)27-12-10(7-25)26-16(13(12)28-18)24-8-20-11-14(21-9-5-3-4-6-9)22-17(19)23-15(11)24;1-3-9-10(2,8)4-5(6)7;1-5(2,3)4/h9-11,13-14,17,21H,4-8H2,1-3H3,(H,23,24,25);8-10,13-14,17,27-28H,2-7H2,1H3,(H,21,22,23)(H2,29,30,31);8-10,12-13,16,25H,3-7H2,1-2H3,(H,21,22,23);3-4H2,1-2H3,(H,6,7);1-4H3/t11-,13-,14-,17-;10-,13-,14-,17-;10-,12-,13-,16-;;/m111../s1. The number of imidazole rings is 3. The van der Waals surface area contributed by atoms with Crippen LogP contribution in [-0.2, 0) is 56.4 Å². The first-order valence-corrected chi connectivity index (χ1v) is 44.6. The second-order valence-corrected chi connectivity index (χ2v) is 41.3. The van der Waals surface area contributed by atoms with Crippen molar-refractivity contribution in [2.75, 3.05) is 75.3 Å². The molecule has 13 atom stereocenters. The van der Waals surface area contributed by atoms with E-state index in [0.29, 0.717) is 76.2 Å². The summed E-state index contributed by atoms with van der Waals surface area (Å²) < 4.78 is 74.4. The Morgan fingerprint density at radius 1 is 0.610 bits per heavy atom. The number of aliphatic carboxylic acids is 1. The SMILES string of the molecule is CC1(C)O[C@@H]2[C@H](O1)[C@@H](CO)O[C@H]2n1cnc2c(NC3CCCC3)nc(Cl)nc21.CCOP(C)(=O)CC(=O)O.CN(C[C@H]1O[C@@H](n2cnc3c(NC4CCCC4)nc(Cl)nc32)[C@H](O)[C@@H]1O)C(=O)CP(=O)(O)O.CNC[C@H]1O[C@@H](n2cnc3c(NC4CCCC4)nc(Cl)nc32)[C@@H]2OC(C)(C)O[C@@H]21.C[Si](C)(C)C. The van der Waals surface area contributed by atoms with Crippen LogP contribution in [0, 0.1) is 0 Å². The number of carbonyl (C=O) groups excluding carboxylic acids is 1. The summed E-state index contributed by atoms with van der Waals surface area (Å²) in [5.74, 6) is -1.52. The molecular formula is C64H100Cl3N17O18P2Si. The van der Waals surface area contributed by atoms with Gasteiger partial charge in [-0.2, -0.15) is 29.9 Å². The molecule has 0 aromatic carbocycles. The number of aromatic nitrogens is 12. The predicted octanol–water partition coefficient (Wildman–Crippen LogP) is 7.77. The number of nitrogens with one attached hydrogen (secondary N) is 4. The smallest absolute Gasteiger partial charge is 0.334 e. The lowest BCUT2D eigenvalue weighted by atomic mass is 10.1. The Morgan fingerprint density at radius 3 is 1.33 bits per heavy atom. The number of likely N-dealkylation sites (N-methyl/N-ethyl adjacent to an activating group) is 2. The number of aliphatic hydroxyl groups excluding tert-OH is 3. The summed E-state index contributed by atoms with van der Waals surface area (Å²) in [5.41, 5.74) is 3.27. The van der Waals surface area contributed by atoms with Gasteiger partial charge in [-0.15, -0.1) is 0 Å². The minimum atomic E-state index is -4.54. The van der Waals surface area contributed by atoms with E-state index < -0.39 is 95.8 Å². The zero-order valence-corrected chi connectivity index (χ0v) is 66.1. The first-order chi connectivity index (χ1) is 49.4. The van der Waals surface area contributed by atoms with Crippen LogP contribution in [0.4, 0.5) is 17.5 Å². The highest BCUT2D eigenvalue weighted by Gasteiger charge is 2.58. The second-order valence-electron chi connectivity index (χ2n) is 30.0. The number of amides is 1. The van der Waals surface area contributed by atoms with Crippen molar-refractivity contribution in [1.82, 2.24) is 68.8 Å². The molecular weight excluding hydrogens is 1490 g/mol. The van der Waals surface area contributed by atoms with E-state index in [1.165, 1.54) is 50.3 Å². The van der Waals surface area contributed by atoms with Gasteiger partial charge in [0.05, 0.1) is 32.2 Å². The lowest BCUT2D eigenvalue weighted by Gasteiger charge is -2.24. The molecule has 8 aliphatic rings. The Hall–Kier alpha value is -5.02. The number of rotatable bonds is 20. The van der Waals surface area contributed by atoms with E-state index >= 15 is 0 Å². The summed E-state index contributed by atoms with van der Waals surface area (Å²) in [6.45, 7) is 20.5. The van der Waals surface area contributed by atoms with E-state index in [2.05, 4.69) is 92.3 Å². The highest BCUT2D eigenvalue weighted by Crippen LogP contribution is 2.47. The van der Waals surface area contributed by atoms with E-state index in [0.717, 1.165) is 56.3 Å². The fourth-order valence-electron chi connectivity index (χ4n) is 13.9. The Labute approximate surface area is 624 Å². The van der Waals surface area contributed by atoms with Crippen molar-refractivity contribution in [2.45, 2.75) is 241 Å². The van der Waals surface area contributed by atoms with Gasteiger partial charge >= 0.3 is 13.6 Å². The highest BCUT2D eigenvalue weighted by molar-refractivity contribution is 7.59. The maximum absolute atomic E-state index is 12.0. The molecule has 1 amide bonds. The second kappa shape index (κ2) is 34.5. The molecule has 41 heteroatoms. The number of anilines is 3. The number of fused-ring (bicyclic) bond motifs is 5. The van der Waals surface area contributed by atoms with Crippen LogP contribution in [-0.4, -0.2) is 258 Å². The summed E-state index contributed by atoms with van der Waals surface area (Å²) in [5, 5.41) is 52.8. The van der Waals surface area contributed by atoms with Crippen LogP contribution in [0.15, 0.2) is 19.0 Å². The monoisotopic (exact) mass is 1590 g/mol. The van der Waals surface area contributed by atoms with Gasteiger partial charge in [0.25, 0.3) is 0 Å². The minimum absolute atomic E-state index is 0.0166. The normalized spacial score (nSPS) is 27.7. The van der Waals surface area contributed by atoms with Gasteiger partial charge in [-0.05, 0) is 115 Å². The lowest BCUT2D eigenvalue weighted by Crippen LogP contribution is -2.41. The van der Waals surface area contributed by atoms with Crippen LogP contribution < -0.4 is 21.3 Å². The molecule has 3 aliphatic carbocycles. The van der Waals surface area contributed by atoms with Crippen molar-refractivity contribution < 1.29 is 86.6 Å². The Morgan fingerprint density at radius 2 is 0.971 bits per heavy atom. The van der Waals surface area contributed by atoms with Crippen molar-refractivity contribution >= 4 is 121 Å². The molecule has 35 nitrogen and oxygen atoms in total. The molecule has 584 valence electrons. The number of aliphatic hydroxyl groups is 3. The molecule has 0 bridgehead atoms. The number of ether oxygens (including phenoxy) is 7. The Kier molecular flexibility index (Phi) is 27.1. The molecule has 3 saturated carbocycles. The fourth-order valence-corrected chi connectivity index (χ4v) is 16.2. The molecule has 6 aromatic heterocycles. The molecule has 14 rings (SSSR count). The molecule has 11 heterocycles. The average Bonchev–Trinajstić information content (AvgIpc) is 1.60. The van der Waals surface area contributed by atoms with Crippen molar-refractivity contribution in [3.8, 4) is 0 Å². The first-order valence-electron chi connectivity index (χ1n) is 35.4. The molecule has 0 spiro atoms. The van der Waals surface area contributed by atoms with Gasteiger partial charge < -0.3 is 94.1 Å². The van der Waals surface area contributed by atoms with Crippen molar-refractivity contribution in [3.05, 3.63) is 34.8 Å². The van der Waals surface area contributed by atoms with E-state index in [9.17, 15) is 34.0 Å². The number of halogens is 3. The molecule has 8 fully saturated rings. The number of hydrogen-bond donors (Lipinski definition) is 10. The van der Waals surface area contributed by atoms with Crippen LogP contribution in [0.2, 0.25) is 42.0 Å². The van der Waals surface area contributed by atoms with Gasteiger partial charge in [-0.3, -0.25) is 32.4 Å². The van der Waals surface area contributed by atoms with Gasteiger partial charge in [-0.1, -0.05) is 64.7 Å². The maximum atomic E-state index is 12.0. The highest BCUT2D eigenvalue weighted by atomic mass is 35.5. The third kappa shape index (κ3) is 21.1. The summed E-state index contributed by atoms with van der Waals surface area (Å²) in [6, 6.07) is 1.02. The Bertz CT molecular complexity index is 4060. The first kappa shape index (κ1) is 82.5. The lowest BCUT2D eigenvalue weighted by molar-refractivity contribution is -0.199. The predicted molar refractivity (Wildman–Crippen MR) is 392 cm³/mol. The summed E-state index contributed by atoms with van der Waals surface area (Å²) in [4.78, 5) is 80.6. The van der Waals surface area contributed by atoms with Gasteiger partial charge in [-0.25, -0.2) is 15.0 Å². The topological polar surface area (TPSA) is 446 Å². The van der Waals surface area contributed by atoms with Crippen molar-refractivity contribution in [2.24, 2.45) is 0 Å². The van der Waals surface area contributed by atoms with Crippen LogP contribution in [0.1, 0.15) is 130 Å². The van der Waals surface area contributed by atoms with E-state index in [4.69, 9.17) is 87.4 Å². The number of carboxylic acid groups (broad SMARTS) is 1. The van der Waals surface area contributed by atoms with Gasteiger partial charge in [0.2, 0.25) is 29.1 Å². The van der Waals surface area contributed by atoms with Gasteiger partial charge in [0.15, 0.2) is 81.2 Å². The molecule has 5 saturated heterocycles. The number of nitrogens with zero attached hydrogens (tertiary/aromatic N) is 13. The van der Waals surface area contributed by atoms with E-state index in [1.54, 1.807) is 24.1 Å². The van der Waals surface area contributed by atoms with Crippen LogP contribution in [0.5, 0.6) is 0 Å². The van der Waals surface area contributed by atoms with E-state index in [-0.39, 0.29) is 71.7 Å². The van der Waals surface area contributed by atoms with Gasteiger partial charge in [0, 0.05) is 53.0 Å². The van der Waals surface area contributed by atoms with Crippen LogP contribution >= 0.6 is 49.8 Å². The zero-order valence-electron chi connectivity index (χ0n) is 61.0. The number of carboxylic acids is 1.